The number of furan rings is 1. The highest BCUT2D eigenvalue weighted by Crippen LogP contribution is 2.14. The standard InChI is InChI=1S/C14H15N3O2S/c1-2-17(8-10-4-3-6-19-10)9-12-15-11-5-7-20-13(11)14(18)16-12/h3-7H,2,8-9H2,1H3,(H,15,16,18). The van der Waals surface area contributed by atoms with E-state index in [-0.39, 0.29) is 5.56 Å². The Hall–Kier alpha value is -1.92. The average molecular weight is 289 g/mol. The molecule has 6 heteroatoms. The Balaban J connectivity index is 1.81. The summed E-state index contributed by atoms with van der Waals surface area (Å²) >= 11 is 1.42. The lowest BCUT2D eigenvalue weighted by Crippen LogP contribution is -2.25. The number of nitrogens with zero attached hydrogens (tertiary/aromatic N) is 2. The van der Waals surface area contributed by atoms with E-state index in [4.69, 9.17) is 4.42 Å². The summed E-state index contributed by atoms with van der Waals surface area (Å²) in [5.41, 5.74) is 0.705. The third kappa shape index (κ3) is 2.66. The summed E-state index contributed by atoms with van der Waals surface area (Å²) in [4.78, 5) is 21.4. The van der Waals surface area contributed by atoms with Gasteiger partial charge in [0.1, 0.15) is 16.3 Å². The van der Waals surface area contributed by atoms with Crippen molar-refractivity contribution in [1.82, 2.24) is 14.9 Å². The quantitative estimate of drug-likeness (QED) is 0.784. The number of aromatic nitrogens is 2. The zero-order valence-corrected chi connectivity index (χ0v) is 11.9. The van der Waals surface area contributed by atoms with Crippen LogP contribution < -0.4 is 5.56 Å². The molecule has 0 bridgehead atoms. The number of hydrogen-bond donors (Lipinski definition) is 1. The number of aromatic amines is 1. The molecule has 3 rings (SSSR count). The highest BCUT2D eigenvalue weighted by Gasteiger charge is 2.10. The van der Waals surface area contributed by atoms with Crippen molar-refractivity contribution in [3.8, 4) is 0 Å². The molecule has 0 saturated heterocycles. The molecule has 0 unspecified atom stereocenters. The molecule has 0 atom stereocenters. The number of thiophene rings is 1. The third-order valence-electron chi connectivity index (χ3n) is 3.14. The molecule has 0 amide bonds. The Morgan fingerprint density at radius 3 is 3.05 bits per heavy atom. The van der Waals surface area contributed by atoms with Gasteiger partial charge in [-0.15, -0.1) is 11.3 Å². The Labute approximate surface area is 119 Å². The van der Waals surface area contributed by atoms with Crippen molar-refractivity contribution in [1.29, 1.82) is 0 Å². The number of hydrogen-bond acceptors (Lipinski definition) is 5. The molecule has 20 heavy (non-hydrogen) atoms. The van der Waals surface area contributed by atoms with E-state index < -0.39 is 0 Å². The van der Waals surface area contributed by atoms with E-state index in [0.717, 1.165) is 17.8 Å². The van der Waals surface area contributed by atoms with Crippen LogP contribution >= 0.6 is 11.3 Å². The van der Waals surface area contributed by atoms with Crippen LogP contribution in [0, 0.1) is 0 Å². The van der Waals surface area contributed by atoms with Crippen LogP contribution in [0.3, 0.4) is 0 Å². The molecule has 0 aromatic carbocycles. The SMILES string of the molecule is CCN(Cc1nc2ccsc2c(=O)[nH]1)Cc1ccco1. The average Bonchev–Trinajstić information content (AvgIpc) is 3.08. The van der Waals surface area contributed by atoms with E-state index in [2.05, 4.69) is 21.8 Å². The number of nitrogens with one attached hydrogen (secondary N) is 1. The predicted molar refractivity (Wildman–Crippen MR) is 78.7 cm³/mol. The van der Waals surface area contributed by atoms with E-state index >= 15 is 0 Å². The Bertz CT molecular complexity index is 745. The van der Waals surface area contributed by atoms with Crippen molar-refractivity contribution < 1.29 is 4.42 Å². The van der Waals surface area contributed by atoms with Gasteiger partial charge < -0.3 is 9.40 Å². The lowest BCUT2D eigenvalue weighted by molar-refractivity contribution is 0.242. The number of rotatable bonds is 5. The Morgan fingerprint density at radius 1 is 1.40 bits per heavy atom. The molecule has 0 aliphatic carbocycles. The second-order valence-corrected chi connectivity index (χ2v) is 5.45. The van der Waals surface area contributed by atoms with Gasteiger partial charge in [-0.1, -0.05) is 6.92 Å². The zero-order valence-electron chi connectivity index (χ0n) is 11.1. The van der Waals surface area contributed by atoms with Crippen molar-refractivity contribution in [2.45, 2.75) is 20.0 Å². The van der Waals surface area contributed by atoms with Crippen molar-refractivity contribution in [2.24, 2.45) is 0 Å². The summed E-state index contributed by atoms with van der Waals surface area (Å²) in [7, 11) is 0. The fourth-order valence-electron chi connectivity index (χ4n) is 2.11. The minimum absolute atomic E-state index is 0.0611. The summed E-state index contributed by atoms with van der Waals surface area (Å²) in [6, 6.07) is 5.70. The van der Waals surface area contributed by atoms with Gasteiger partial charge >= 0.3 is 0 Å². The maximum atomic E-state index is 11.9. The maximum Gasteiger partial charge on any atom is 0.268 e. The van der Waals surface area contributed by atoms with Crippen LogP contribution in [0.5, 0.6) is 0 Å². The molecule has 3 aromatic rings. The summed E-state index contributed by atoms with van der Waals surface area (Å²) in [5.74, 6) is 1.60. The van der Waals surface area contributed by atoms with E-state index in [9.17, 15) is 4.79 Å². The molecule has 3 heterocycles. The Kier molecular flexibility index (Phi) is 3.66. The van der Waals surface area contributed by atoms with Gasteiger partial charge in [0.2, 0.25) is 0 Å². The van der Waals surface area contributed by atoms with Crippen LogP contribution in [0.4, 0.5) is 0 Å². The third-order valence-corrected chi connectivity index (χ3v) is 4.05. The van der Waals surface area contributed by atoms with Crippen LogP contribution in [0.25, 0.3) is 10.2 Å². The van der Waals surface area contributed by atoms with Crippen molar-refractivity contribution in [2.75, 3.05) is 6.54 Å². The van der Waals surface area contributed by atoms with Gasteiger partial charge in [-0.2, -0.15) is 0 Å². The molecule has 0 aliphatic heterocycles. The fraction of sp³-hybridized carbons (Fsp3) is 0.286. The van der Waals surface area contributed by atoms with Crippen LogP contribution in [-0.2, 0) is 13.1 Å². The second-order valence-electron chi connectivity index (χ2n) is 4.53. The van der Waals surface area contributed by atoms with Gasteiger partial charge in [0, 0.05) is 0 Å². The minimum Gasteiger partial charge on any atom is -0.468 e. The first-order valence-electron chi connectivity index (χ1n) is 6.47. The number of H-pyrrole nitrogens is 1. The molecule has 5 nitrogen and oxygen atoms in total. The lowest BCUT2D eigenvalue weighted by Gasteiger charge is -2.18. The van der Waals surface area contributed by atoms with E-state index in [0.29, 0.717) is 23.6 Å². The van der Waals surface area contributed by atoms with Crippen molar-refractivity contribution in [3.63, 3.8) is 0 Å². The lowest BCUT2D eigenvalue weighted by atomic mass is 10.3. The van der Waals surface area contributed by atoms with Crippen LogP contribution in [0.2, 0.25) is 0 Å². The summed E-state index contributed by atoms with van der Waals surface area (Å²) in [5, 5.41) is 1.89. The highest BCUT2D eigenvalue weighted by molar-refractivity contribution is 7.17. The number of fused-ring (bicyclic) bond motifs is 1. The minimum atomic E-state index is -0.0611. The topological polar surface area (TPSA) is 62.1 Å². The smallest absolute Gasteiger partial charge is 0.268 e. The van der Waals surface area contributed by atoms with Gasteiger partial charge in [-0.05, 0) is 30.1 Å². The monoisotopic (exact) mass is 289 g/mol. The second kappa shape index (κ2) is 5.60. The predicted octanol–water partition coefficient (Wildman–Crippen LogP) is 2.60. The molecule has 0 aliphatic rings. The fourth-order valence-corrected chi connectivity index (χ4v) is 2.84. The zero-order chi connectivity index (χ0) is 13.9. The normalized spacial score (nSPS) is 11.5. The van der Waals surface area contributed by atoms with Gasteiger partial charge in [0.25, 0.3) is 5.56 Å². The van der Waals surface area contributed by atoms with Crippen LogP contribution in [0.15, 0.2) is 39.1 Å². The summed E-state index contributed by atoms with van der Waals surface area (Å²) in [6.45, 7) is 4.23. The maximum absolute atomic E-state index is 11.9. The molecule has 1 N–H and O–H groups in total. The molecule has 0 fully saturated rings. The van der Waals surface area contributed by atoms with Crippen molar-refractivity contribution in [3.05, 3.63) is 51.8 Å². The van der Waals surface area contributed by atoms with Crippen LogP contribution in [-0.4, -0.2) is 21.4 Å². The first kappa shape index (κ1) is 13.1. The van der Waals surface area contributed by atoms with E-state index in [1.54, 1.807) is 6.26 Å². The molecular formula is C14H15N3O2S. The summed E-state index contributed by atoms with van der Waals surface area (Å²) in [6.07, 6.45) is 1.67. The van der Waals surface area contributed by atoms with Crippen LogP contribution in [0.1, 0.15) is 18.5 Å². The molecule has 3 aromatic heterocycles. The van der Waals surface area contributed by atoms with E-state index in [1.807, 2.05) is 23.6 Å². The molecule has 0 saturated carbocycles. The molecule has 0 radical (unpaired) electrons. The van der Waals surface area contributed by atoms with Gasteiger partial charge in [0.05, 0.1) is 24.9 Å². The van der Waals surface area contributed by atoms with Gasteiger partial charge in [-0.3, -0.25) is 9.69 Å². The highest BCUT2D eigenvalue weighted by atomic mass is 32.1. The van der Waals surface area contributed by atoms with Crippen molar-refractivity contribution >= 4 is 21.6 Å². The first-order chi connectivity index (χ1) is 9.76. The first-order valence-corrected chi connectivity index (χ1v) is 7.35. The Morgan fingerprint density at radius 2 is 2.30 bits per heavy atom. The van der Waals surface area contributed by atoms with E-state index in [1.165, 1.54) is 11.3 Å². The van der Waals surface area contributed by atoms with Gasteiger partial charge in [-0.25, -0.2) is 4.98 Å². The van der Waals surface area contributed by atoms with Gasteiger partial charge in [0.15, 0.2) is 0 Å². The largest absolute Gasteiger partial charge is 0.468 e. The summed E-state index contributed by atoms with van der Waals surface area (Å²) < 4.78 is 6.04. The molecular weight excluding hydrogens is 274 g/mol. The molecule has 104 valence electrons. The molecule has 0 spiro atoms.